The first kappa shape index (κ1) is 17.9. The van der Waals surface area contributed by atoms with Gasteiger partial charge in [-0.3, -0.25) is 4.79 Å². The Hall–Kier alpha value is -1.15. The van der Waals surface area contributed by atoms with Crippen molar-refractivity contribution in [3.63, 3.8) is 0 Å². The van der Waals surface area contributed by atoms with Crippen LogP contribution >= 0.6 is 23.4 Å². The summed E-state index contributed by atoms with van der Waals surface area (Å²) in [6, 6.07) is 5.11. The molecule has 0 saturated carbocycles. The molecule has 0 aliphatic carbocycles. The van der Waals surface area contributed by atoms with Crippen LogP contribution in [0, 0.1) is 11.8 Å². The fourth-order valence-corrected chi connectivity index (χ4v) is 2.71. The second-order valence-corrected chi connectivity index (χ2v) is 6.32. The number of carbonyl (C=O) groups excluding carboxylic acids is 1. The maximum Gasteiger partial charge on any atom is 0.251 e. The van der Waals surface area contributed by atoms with Gasteiger partial charge in [-0.2, -0.15) is 11.8 Å². The SMILES string of the molecule is CCSCCC(C)NC(=O)c1ccc(C#CCO)c(Cl)c1. The molecule has 0 radical (unpaired) electrons. The summed E-state index contributed by atoms with van der Waals surface area (Å²) < 4.78 is 0. The van der Waals surface area contributed by atoms with E-state index in [0.717, 1.165) is 17.9 Å². The van der Waals surface area contributed by atoms with Gasteiger partial charge in [0.25, 0.3) is 5.91 Å². The van der Waals surface area contributed by atoms with Crippen LogP contribution in [0.1, 0.15) is 36.2 Å². The standard InChI is InChI=1S/C16H20ClNO2S/c1-3-21-10-8-12(2)18-16(20)14-7-6-13(5-4-9-19)15(17)11-14/h6-7,11-12,19H,3,8-10H2,1-2H3,(H,18,20). The van der Waals surface area contributed by atoms with Gasteiger partial charge in [-0.25, -0.2) is 0 Å². The highest BCUT2D eigenvalue weighted by molar-refractivity contribution is 7.99. The van der Waals surface area contributed by atoms with Crippen LogP contribution in [0.3, 0.4) is 0 Å². The Morgan fingerprint density at radius 1 is 1.52 bits per heavy atom. The second kappa shape index (κ2) is 9.73. The van der Waals surface area contributed by atoms with Gasteiger partial charge in [-0.05, 0) is 43.0 Å². The summed E-state index contributed by atoms with van der Waals surface area (Å²) in [4.78, 5) is 12.1. The van der Waals surface area contributed by atoms with Crippen molar-refractivity contribution in [2.45, 2.75) is 26.3 Å². The number of rotatable bonds is 6. The van der Waals surface area contributed by atoms with Gasteiger partial charge in [-0.1, -0.05) is 30.4 Å². The van der Waals surface area contributed by atoms with E-state index in [1.807, 2.05) is 18.7 Å². The molecule has 1 aromatic rings. The summed E-state index contributed by atoms with van der Waals surface area (Å²) in [6.07, 6.45) is 0.942. The van der Waals surface area contributed by atoms with Crippen molar-refractivity contribution in [1.82, 2.24) is 5.32 Å². The number of amides is 1. The van der Waals surface area contributed by atoms with Crippen LogP contribution in [-0.2, 0) is 0 Å². The molecule has 2 N–H and O–H groups in total. The number of carbonyl (C=O) groups is 1. The maximum atomic E-state index is 12.1. The molecule has 3 nitrogen and oxygen atoms in total. The van der Waals surface area contributed by atoms with E-state index in [2.05, 4.69) is 24.1 Å². The Labute approximate surface area is 135 Å². The Morgan fingerprint density at radius 2 is 2.29 bits per heavy atom. The third kappa shape index (κ3) is 6.43. The predicted octanol–water partition coefficient (Wildman–Crippen LogP) is 2.95. The van der Waals surface area contributed by atoms with Crippen molar-refractivity contribution >= 4 is 29.3 Å². The second-order valence-electron chi connectivity index (χ2n) is 4.51. The summed E-state index contributed by atoms with van der Waals surface area (Å²) in [5.74, 6) is 7.26. The number of benzene rings is 1. The number of aliphatic hydroxyl groups excluding tert-OH is 1. The Balaban J connectivity index is 2.64. The number of thioether (sulfide) groups is 1. The zero-order valence-corrected chi connectivity index (χ0v) is 13.9. The molecule has 0 aliphatic rings. The smallest absolute Gasteiger partial charge is 0.251 e. The summed E-state index contributed by atoms with van der Waals surface area (Å²) in [5, 5.41) is 12.0. The lowest BCUT2D eigenvalue weighted by atomic mass is 10.1. The van der Waals surface area contributed by atoms with Crippen molar-refractivity contribution < 1.29 is 9.90 Å². The molecule has 0 aromatic heterocycles. The Morgan fingerprint density at radius 3 is 2.90 bits per heavy atom. The molecule has 0 aliphatic heterocycles. The molecule has 1 amide bonds. The van der Waals surface area contributed by atoms with Gasteiger partial charge in [-0.15, -0.1) is 0 Å². The van der Waals surface area contributed by atoms with E-state index < -0.39 is 0 Å². The highest BCUT2D eigenvalue weighted by Crippen LogP contribution is 2.17. The summed E-state index contributed by atoms with van der Waals surface area (Å²) in [5.41, 5.74) is 1.12. The molecular weight excluding hydrogens is 306 g/mol. The molecule has 0 fully saturated rings. The van der Waals surface area contributed by atoms with E-state index in [9.17, 15) is 4.79 Å². The highest BCUT2D eigenvalue weighted by Gasteiger charge is 2.11. The average molecular weight is 326 g/mol. The highest BCUT2D eigenvalue weighted by atomic mass is 35.5. The van der Waals surface area contributed by atoms with Gasteiger partial charge in [0.2, 0.25) is 0 Å². The normalized spacial score (nSPS) is 11.4. The molecule has 0 spiro atoms. The van der Waals surface area contributed by atoms with Crippen molar-refractivity contribution in [2.75, 3.05) is 18.1 Å². The van der Waals surface area contributed by atoms with Crippen LogP contribution in [0.15, 0.2) is 18.2 Å². The molecule has 1 rings (SSSR count). The molecule has 0 heterocycles. The molecule has 114 valence electrons. The molecule has 1 atom stereocenters. The summed E-state index contributed by atoms with van der Waals surface area (Å²) >= 11 is 7.94. The van der Waals surface area contributed by atoms with Gasteiger partial charge in [0, 0.05) is 17.2 Å². The number of nitrogens with one attached hydrogen (secondary N) is 1. The first-order chi connectivity index (χ1) is 10.1. The zero-order chi connectivity index (χ0) is 15.7. The topological polar surface area (TPSA) is 49.3 Å². The third-order valence-corrected chi connectivity index (χ3v) is 4.06. The molecule has 1 unspecified atom stereocenters. The van der Waals surface area contributed by atoms with Crippen LogP contribution < -0.4 is 5.32 Å². The van der Waals surface area contributed by atoms with E-state index in [1.165, 1.54) is 0 Å². The third-order valence-electron chi connectivity index (χ3n) is 2.81. The number of halogens is 1. The van der Waals surface area contributed by atoms with E-state index in [1.54, 1.807) is 18.2 Å². The van der Waals surface area contributed by atoms with Crippen molar-refractivity contribution in [1.29, 1.82) is 0 Å². The Kier molecular flexibility index (Phi) is 8.29. The van der Waals surface area contributed by atoms with Crippen LogP contribution in [0.5, 0.6) is 0 Å². The number of hydrogen-bond donors (Lipinski definition) is 2. The van der Waals surface area contributed by atoms with Crippen LogP contribution in [0.2, 0.25) is 5.02 Å². The van der Waals surface area contributed by atoms with Crippen LogP contribution in [-0.4, -0.2) is 35.2 Å². The van der Waals surface area contributed by atoms with Gasteiger partial charge in [0.05, 0.1) is 5.02 Å². The molecule has 5 heteroatoms. The quantitative estimate of drug-likeness (QED) is 0.624. The molecular formula is C16H20ClNO2S. The van der Waals surface area contributed by atoms with Crippen molar-refractivity contribution in [2.24, 2.45) is 0 Å². The van der Waals surface area contributed by atoms with Crippen molar-refractivity contribution in [3.8, 4) is 11.8 Å². The lowest BCUT2D eigenvalue weighted by molar-refractivity contribution is 0.0939. The first-order valence-electron chi connectivity index (χ1n) is 6.86. The Bertz CT molecular complexity index is 537. The van der Waals surface area contributed by atoms with Crippen LogP contribution in [0.4, 0.5) is 0 Å². The molecule has 0 saturated heterocycles. The fourth-order valence-electron chi connectivity index (χ4n) is 1.68. The van der Waals surface area contributed by atoms with E-state index in [-0.39, 0.29) is 18.6 Å². The maximum absolute atomic E-state index is 12.1. The van der Waals surface area contributed by atoms with E-state index in [4.69, 9.17) is 16.7 Å². The molecule has 21 heavy (non-hydrogen) atoms. The zero-order valence-electron chi connectivity index (χ0n) is 12.3. The number of hydrogen-bond acceptors (Lipinski definition) is 3. The predicted molar refractivity (Wildman–Crippen MR) is 90.0 cm³/mol. The lowest BCUT2D eigenvalue weighted by Gasteiger charge is -2.13. The minimum absolute atomic E-state index is 0.129. The summed E-state index contributed by atoms with van der Waals surface area (Å²) in [6.45, 7) is 3.90. The molecule has 1 aromatic carbocycles. The van der Waals surface area contributed by atoms with Crippen molar-refractivity contribution in [3.05, 3.63) is 34.3 Å². The number of aliphatic hydroxyl groups is 1. The monoisotopic (exact) mass is 325 g/mol. The van der Waals surface area contributed by atoms with Gasteiger partial charge < -0.3 is 10.4 Å². The fraction of sp³-hybridized carbons (Fsp3) is 0.438. The van der Waals surface area contributed by atoms with Crippen LogP contribution in [0.25, 0.3) is 0 Å². The minimum Gasteiger partial charge on any atom is -0.384 e. The van der Waals surface area contributed by atoms with Gasteiger partial charge >= 0.3 is 0 Å². The lowest BCUT2D eigenvalue weighted by Crippen LogP contribution is -2.32. The largest absolute Gasteiger partial charge is 0.384 e. The van der Waals surface area contributed by atoms with E-state index in [0.29, 0.717) is 16.1 Å². The van der Waals surface area contributed by atoms with Gasteiger partial charge in [0.15, 0.2) is 0 Å². The van der Waals surface area contributed by atoms with E-state index >= 15 is 0 Å². The minimum atomic E-state index is -0.216. The summed E-state index contributed by atoms with van der Waals surface area (Å²) in [7, 11) is 0. The average Bonchev–Trinajstić information content (AvgIpc) is 2.46. The molecule has 0 bridgehead atoms. The first-order valence-corrected chi connectivity index (χ1v) is 8.39. The van der Waals surface area contributed by atoms with Gasteiger partial charge in [0.1, 0.15) is 6.61 Å².